The van der Waals surface area contributed by atoms with E-state index < -0.39 is 16.1 Å². The van der Waals surface area contributed by atoms with Crippen molar-refractivity contribution in [3.05, 3.63) is 64.7 Å². The largest absolute Gasteiger partial charge is 0.354 e. The molecule has 0 saturated carbocycles. The van der Waals surface area contributed by atoms with Crippen molar-refractivity contribution in [2.75, 3.05) is 17.1 Å². The summed E-state index contributed by atoms with van der Waals surface area (Å²) < 4.78 is 25.8. The number of nitrogens with zero attached hydrogens (tertiary/aromatic N) is 1. The maximum atomic E-state index is 12.6. The molecule has 0 fully saturated rings. The standard InChI is InChI=1S/C21H27ClN2O3S/c1-4-17-11-13-19(14-12-17)24(28(3,26)27)16(2)21(25)23-15-7-9-18-8-5-6-10-20(18)22/h5-6,8,10-14,16H,4,7,9,15H2,1-3H3,(H,23,25). The number of halogens is 1. The Balaban J connectivity index is 2.00. The van der Waals surface area contributed by atoms with E-state index in [9.17, 15) is 13.2 Å². The highest BCUT2D eigenvalue weighted by Crippen LogP contribution is 2.22. The lowest BCUT2D eigenvalue weighted by molar-refractivity contribution is -0.121. The smallest absolute Gasteiger partial charge is 0.243 e. The minimum Gasteiger partial charge on any atom is -0.354 e. The zero-order valence-electron chi connectivity index (χ0n) is 16.5. The molecular formula is C21H27ClN2O3S. The molecule has 1 atom stereocenters. The summed E-state index contributed by atoms with van der Waals surface area (Å²) in [6, 6.07) is 14.0. The first-order valence-electron chi connectivity index (χ1n) is 9.33. The third kappa shape index (κ3) is 5.97. The van der Waals surface area contributed by atoms with Gasteiger partial charge in [0.05, 0.1) is 11.9 Å². The van der Waals surface area contributed by atoms with E-state index in [2.05, 4.69) is 5.32 Å². The molecule has 0 bridgehead atoms. The van der Waals surface area contributed by atoms with Gasteiger partial charge >= 0.3 is 0 Å². The summed E-state index contributed by atoms with van der Waals surface area (Å²) in [5.74, 6) is -0.329. The number of hydrogen-bond donors (Lipinski definition) is 1. The second-order valence-electron chi connectivity index (χ2n) is 6.74. The van der Waals surface area contributed by atoms with Crippen molar-refractivity contribution in [3.8, 4) is 0 Å². The molecule has 1 N–H and O–H groups in total. The number of carbonyl (C=O) groups is 1. The van der Waals surface area contributed by atoms with Crippen molar-refractivity contribution in [1.29, 1.82) is 0 Å². The minimum absolute atomic E-state index is 0.329. The Labute approximate surface area is 172 Å². The van der Waals surface area contributed by atoms with E-state index in [1.54, 1.807) is 19.1 Å². The molecule has 0 radical (unpaired) electrons. The lowest BCUT2D eigenvalue weighted by Gasteiger charge is -2.28. The number of carbonyl (C=O) groups excluding carboxylic acids is 1. The van der Waals surface area contributed by atoms with Gasteiger partial charge in [-0.05, 0) is 55.5 Å². The number of benzene rings is 2. The highest BCUT2D eigenvalue weighted by atomic mass is 35.5. The summed E-state index contributed by atoms with van der Waals surface area (Å²) in [6.07, 6.45) is 3.43. The minimum atomic E-state index is -3.61. The van der Waals surface area contributed by atoms with Crippen LogP contribution in [0.2, 0.25) is 5.02 Å². The average molecular weight is 423 g/mol. The van der Waals surface area contributed by atoms with Crippen molar-refractivity contribution in [2.45, 2.75) is 39.2 Å². The van der Waals surface area contributed by atoms with Crippen LogP contribution in [0.25, 0.3) is 0 Å². The first-order valence-corrected chi connectivity index (χ1v) is 11.6. The Morgan fingerprint density at radius 3 is 2.36 bits per heavy atom. The number of rotatable bonds is 9. The molecule has 0 aliphatic rings. The first-order chi connectivity index (χ1) is 13.2. The fraction of sp³-hybridized carbons (Fsp3) is 0.381. The van der Waals surface area contributed by atoms with Crippen LogP contribution < -0.4 is 9.62 Å². The second-order valence-corrected chi connectivity index (χ2v) is 9.01. The van der Waals surface area contributed by atoms with E-state index in [0.717, 1.165) is 34.5 Å². The van der Waals surface area contributed by atoms with Crippen LogP contribution in [0.1, 0.15) is 31.4 Å². The highest BCUT2D eigenvalue weighted by molar-refractivity contribution is 7.92. The van der Waals surface area contributed by atoms with Crippen LogP contribution in [0.15, 0.2) is 48.5 Å². The zero-order valence-corrected chi connectivity index (χ0v) is 18.1. The molecule has 1 amide bonds. The van der Waals surface area contributed by atoms with Gasteiger partial charge in [-0.25, -0.2) is 8.42 Å². The second kappa shape index (κ2) is 9.94. The Bertz CT molecular complexity index is 898. The van der Waals surface area contributed by atoms with Crippen molar-refractivity contribution in [2.24, 2.45) is 0 Å². The summed E-state index contributed by atoms with van der Waals surface area (Å²) in [5, 5.41) is 3.54. The Morgan fingerprint density at radius 2 is 1.79 bits per heavy atom. The summed E-state index contributed by atoms with van der Waals surface area (Å²) in [4.78, 5) is 12.6. The zero-order chi connectivity index (χ0) is 20.7. The van der Waals surface area contributed by atoms with E-state index >= 15 is 0 Å². The van der Waals surface area contributed by atoms with Crippen molar-refractivity contribution >= 4 is 33.2 Å². The van der Waals surface area contributed by atoms with Crippen LogP contribution in [0.4, 0.5) is 5.69 Å². The number of hydrogen-bond acceptors (Lipinski definition) is 3. The molecule has 2 rings (SSSR count). The lowest BCUT2D eigenvalue weighted by Crippen LogP contribution is -2.48. The maximum absolute atomic E-state index is 12.6. The van der Waals surface area contributed by atoms with Gasteiger partial charge in [0.2, 0.25) is 15.9 Å². The van der Waals surface area contributed by atoms with Gasteiger partial charge in [0, 0.05) is 11.6 Å². The van der Waals surface area contributed by atoms with Crippen LogP contribution in [-0.4, -0.2) is 33.2 Å². The van der Waals surface area contributed by atoms with Gasteiger partial charge < -0.3 is 5.32 Å². The molecule has 2 aromatic rings. The van der Waals surface area contributed by atoms with Crippen LogP contribution in [-0.2, 0) is 27.7 Å². The van der Waals surface area contributed by atoms with Crippen molar-refractivity contribution in [1.82, 2.24) is 5.32 Å². The fourth-order valence-electron chi connectivity index (χ4n) is 3.03. The topological polar surface area (TPSA) is 66.5 Å². The van der Waals surface area contributed by atoms with Gasteiger partial charge in [0.1, 0.15) is 6.04 Å². The normalized spacial score (nSPS) is 12.4. The predicted octanol–water partition coefficient (Wildman–Crippen LogP) is 3.81. The third-order valence-electron chi connectivity index (χ3n) is 4.57. The number of sulfonamides is 1. The van der Waals surface area contributed by atoms with E-state index in [1.807, 2.05) is 43.3 Å². The summed E-state index contributed by atoms with van der Waals surface area (Å²) in [7, 11) is -3.61. The lowest BCUT2D eigenvalue weighted by atomic mass is 10.1. The van der Waals surface area contributed by atoms with Gasteiger partial charge in [-0.15, -0.1) is 0 Å². The fourth-order valence-corrected chi connectivity index (χ4v) is 4.43. The summed E-state index contributed by atoms with van der Waals surface area (Å²) in [5.41, 5.74) is 2.62. The molecular weight excluding hydrogens is 396 g/mol. The van der Waals surface area contributed by atoms with E-state index in [-0.39, 0.29) is 5.91 Å². The monoisotopic (exact) mass is 422 g/mol. The SMILES string of the molecule is CCc1ccc(N(C(C)C(=O)NCCCc2ccccc2Cl)S(C)(=O)=O)cc1. The highest BCUT2D eigenvalue weighted by Gasteiger charge is 2.28. The molecule has 0 heterocycles. The number of nitrogens with one attached hydrogen (secondary N) is 1. The Morgan fingerprint density at radius 1 is 1.14 bits per heavy atom. The quantitative estimate of drug-likeness (QED) is 0.625. The van der Waals surface area contributed by atoms with Gasteiger partial charge in [0.25, 0.3) is 0 Å². The molecule has 5 nitrogen and oxygen atoms in total. The number of aryl methyl sites for hydroxylation is 2. The Hall–Kier alpha value is -2.05. The predicted molar refractivity (Wildman–Crippen MR) is 115 cm³/mol. The van der Waals surface area contributed by atoms with Gasteiger partial charge in [0.15, 0.2) is 0 Å². The van der Waals surface area contributed by atoms with Gasteiger partial charge in [-0.3, -0.25) is 9.10 Å². The van der Waals surface area contributed by atoms with Crippen molar-refractivity contribution < 1.29 is 13.2 Å². The van der Waals surface area contributed by atoms with Crippen LogP contribution in [0.3, 0.4) is 0 Å². The molecule has 1 unspecified atom stereocenters. The van der Waals surface area contributed by atoms with E-state index in [0.29, 0.717) is 23.7 Å². The molecule has 0 aromatic heterocycles. The van der Waals surface area contributed by atoms with Crippen molar-refractivity contribution in [3.63, 3.8) is 0 Å². The average Bonchev–Trinajstić information content (AvgIpc) is 2.66. The third-order valence-corrected chi connectivity index (χ3v) is 6.18. The van der Waals surface area contributed by atoms with Gasteiger partial charge in [-0.1, -0.05) is 48.9 Å². The summed E-state index contributed by atoms with van der Waals surface area (Å²) >= 11 is 6.14. The molecule has 0 spiro atoms. The van der Waals surface area contributed by atoms with Crippen LogP contribution >= 0.6 is 11.6 Å². The van der Waals surface area contributed by atoms with Crippen LogP contribution in [0, 0.1) is 0 Å². The number of amides is 1. The molecule has 2 aromatic carbocycles. The molecule has 7 heteroatoms. The maximum Gasteiger partial charge on any atom is 0.243 e. The van der Waals surface area contributed by atoms with Gasteiger partial charge in [-0.2, -0.15) is 0 Å². The summed E-state index contributed by atoms with van der Waals surface area (Å²) in [6.45, 7) is 4.07. The first kappa shape index (κ1) is 22.2. The number of anilines is 1. The molecule has 0 aliphatic carbocycles. The van der Waals surface area contributed by atoms with E-state index in [4.69, 9.17) is 11.6 Å². The molecule has 0 saturated heterocycles. The molecule has 0 aliphatic heterocycles. The molecule has 28 heavy (non-hydrogen) atoms. The van der Waals surface area contributed by atoms with E-state index in [1.165, 1.54) is 0 Å². The molecule has 152 valence electrons. The van der Waals surface area contributed by atoms with Crippen LogP contribution in [0.5, 0.6) is 0 Å². The Kier molecular flexibility index (Phi) is 7.89.